The van der Waals surface area contributed by atoms with E-state index in [-0.39, 0.29) is 5.91 Å². The Hall–Kier alpha value is -4.08. The number of ether oxygens (including phenoxy) is 2. The number of benzene rings is 3. The minimum absolute atomic E-state index is 0.0772. The molecule has 0 radical (unpaired) electrons. The van der Waals surface area contributed by atoms with Gasteiger partial charge in [-0.15, -0.1) is 10.2 Å². The molecule has 0 atom stereocenters. The van der Waals surface area contributed by atoms with Crippen molar-refractivity contribution in [2.45, 2.75) is 50.1 Å². The van der Waals surface area contributed by atoms with Gasteiger partial charge >= 0.3 is 0 Å². The Morgan fingerprint density at radius 3 is 2.49 bits per heavy atom. The van der Waals surface area contributed by atoms with Crippen LogP contribution in [0.15, 0.2) is 88.7 Å². The van der Waals surface area contributed by atoms with Gasteiger partial charge in [0.15, 0.2) is 5.16 Å². The van der Waals surface area contributed by atoms with Gasteiger partial charge in [0.1, 0.15) is 18.7 Å². The SMILES string of the molecule is CCCCOCCOc1ccc(-c2ccc3c(c2)C=C(C(=O)Nc2ccc(Sc4nncn4C)cc2)CCN3CC(C)C)cc1. The van der Waals surface area contributed by atoms with Crippen LogP contribution in [0.25, 0.3) is 17.2 Å². The van der Waals surface area contributed by atoms with Crippen LogP contribution in [0.3, 0.4) is 0 Å². The lowest BCUT2D eigenvalue weighted by molar-refractivity contribution is -0.112. The van der Waals surface area contributed by atoms with E-state index in [1.54, 1.807) is 6.33 Å². The molecule has 45 heavy (non-hydrogen) atoms. The van der Waals surface area contributed by atoms with Gasteiger partial charge in [-0.1, -0.05) is 45.4 Å². The van der Waals surface area contributed by atoms with E-state index < -0.39 is 0 Å². The van der Waals surface area contributed by atoms with Crippen LogP contribution in [-0.4, -0.2) is 53.6 Å². The number of rotatable bonds is 14. The van der Waals surface area contributed by atoms with Crippen molar-refractivity contribution in [2.75, 3.05) is 43.1 Å². The first-order valence-electron chi connectivity index (χ1n) is 15.7. The van der Waals surface area contributed by atoms with E-state index >= 15 is 0 Å². The standard InChI is InChI=1S/C36H43N5O3S/c1-5-6-19-43-20-21-44-32-12-7-27(8-13-32)28-9-16-34-30(22-28)23-29(17-18-41(34)24-26(2)3)35(42)38-31-10-14-33(15-11-31)45-36-39-37-25-40(36)4/h7-16,22-23,25-26H,5-6,17-21,24H2,1-4H3,(H,38,42). The number of nitrogens with zero attached hydrogens (tertiary/aromatic N) is 4. The van der Waals surface area contributed by atoms with Crippen molar-refractivity contribution in [3.8, 4) is 16.9 Å². The van der Waals surface area contributed by atoms with Gasteiger partial charge < -0.3 is 24.3 Å². The lowest BCUT2D eigenvalue weighted by Crippen LogP contribution is -2.29. The first kappa shape index (κ1) is 32.3. The summed E-state index contributed by atoms with van der Waals surface area (Å²) in [4.78, 5) is 17.0. The second-order valence-corrected chi connectivity index (χ2v) is 12.7. The van der Waals surface area contributed by atoms with Crippen molar-refractivity contribution in [3.63, 3.8) is 0 Å². The molecule has 9 heteroatoms. The van der Waals surface area contributed by atoms with E-state index in [1.807, 2.05) is 48.0 Å². The van der Waals surface area contributed by atoms with Crippen molar-refractivity contribution in [1.29, 1.82) is 0 Å². The molecule has 1 aliphatic rings. The molecule has 1 aliphatic heterocycles. The maximum Gasteiger partial charge on any atom is 0.251 e. The molecular formula is C36H43N5O3S. The number of amides is 1. The monoisotopic (exact) mass is 625 g/mol. The van der Waals surface area contributed by atoms with Crippen LogP contribution < -0.4 is 15.0 Å². The summed E-state index contributed by atoms with van der Waals surface area (Å²) in [5.74, 6) is 1.25. The lowest BCUT2D eigenvalue weighted by atomic mass is 10.00. The molecule has 1 aromatic heterocycles. The summed E-state index contributed by atoms with van der Waals surface area (Å²) in [5, 5.41) is 12.0. The fourth-order valence-corrected chi connectivity index (χ4v) is 5.94. The van der Waals surface area contributed by atoms with Crippen molar-refractivity contribution < 1.29 is 14.3 Å². The predicted molar refractivity (Wildman–Crippen MR) is 183 cm³/mol. The number of carbonyl (C=O) groups is 1. The van der Waals surface area contributed by atoms with Gasteiger partial charge in [0, 0.05) is 48.6 Å². The lowest BCUT2D eigenvalue weighted by Gasteiger charge is -2.27. The van der Waals surface area contributed by atoms with E-state index in [4.69, 9.17) is 9.47 Å². The fraction of sp³-hybridized carbons (Fsp3) is 0.361. The largest absolute Gasteiger partial charge is 0.491 e. The van der Waals surface area contributed by atoms with E-state index in [9.17, 15) is 4.79 Å². The summed E-state index contributed by atoms with van der Waals surface area (Å²) in [5.41, 5.74) is 5.93. The van der Waals surface area contributed by atoms with Gasteiger partial charge in [-0.25, -0.2) is 0 Å². The maximum absolute atomic E-state index is 13.5. The molecule has 0 saturated heterocycles. The normalized spacial score (nSPS) is 12.9. The molecule has 5 rings (SSSR count). The number of nitrogens with one attached hydrogen (secondary N) is 1. The number of hydrogen-bond donors (Lipinski definition) is 1. The Labute approximate surface area is 270 Å². The molecule has 0 saturated carbocycles. The fourth-order valence-electron chi connectivity index (χ4n) is 5.18. The van der Waals surface area contributed by atoms with E-state index in [0.717, 1.165) is 82.0 Å². The van der Waals surface area contributed by atoms with Crippen LogP contribution in [0.5, 0.6) is 5.75 Å². The molecule has 0 unspecified atom stereocenters. The summed E-state index contributed by atoms with van der Waals surface area (Å²) in [6.07, 6.45) is 6.61. The smallest absolute Gasteiger partial charge is 0.251 e. The van der Waals surface area contributed by atoms with Crippen LogP contribution in [0.2, 0.25) is 0 Å². The zero-order valence-corrected chi connectivity index (χ0v) is 27.5. The molecule has 1 amide bonds. The van der Waals surface area contributed by atoms with Gasteiger partial charge in [0.05, 0.1) is 6.61 Å². The summed E-state index contributed by atoms with van der Waals surface area (Å²) in [6.45, 7) is 10.2. The first-order valence-corrected chi connectivity index (χ1v) is 16.5. The first-order chi connectivity index (χ1) is 21.9. The predicted octanol–water partition coefficient (Wildman–Crippen LogP) is 7.72. The molecule has 0 fully saturated rings. The summed E-state index contributed by atoms with van der Waals surface area (Å²) in [6, 6.07) is 22.6. The van der Waals surface area contributed by atoms with Crippen LogP contribution in [-0.2, 0) is 16.6 Å². The number of hydrogen-bond acceptors (Lipinski definition) is 7. The molecule has 236 valence electrons. The van der Waals surface area contributed by atoms with Crippen molar-refractivity contribution in [2.24, 2.45) is 13.0 Å². The molecule has 3 aromatic carbocycles. The molecule has 4 aromatic rings. The topological polar surface area (TPSA) is 81.5 Å². The van der Waals surface area contributed by atoms with Crippen LogP contribution in [0.4, 0.5) is 11.4 Å². The van der Waals surface area contributed by atoms with E-state index in [0.29, 0.717) is 25.6 Å². The summed E-state index contributed by atoms with van der Waals surface area (Å²) >= 11 is 1.53. The van der Waals surface area contributed by atoms with E-state index in [1.165, 1.54) is 11.8 Å². The number of carbonyl (C=O) groups excluding carboxylic acids is 1. The highest BCUT2D eigenvalue weighted by molar-refractivity contribution is 7.99. The highest BCUT2D eigenvalue weighted by Gasteiger charge is 2.21. The van der Waals surface area contributed by atoms with Gasteiger partial charge in [0.2, 0.25) is 0 Å². The number of anilines is 2. The van der Waals surface area contributed by atoms with Gasteiger partial charge in [-0.2, -0.15) is 0 Å². The molecular weight excluding hydrogens is 582 g/mol. The Morgan fingerprint density at radius 2 is 1.78 bits per heavy atom. The number of fused-ring (bicyclic) bond motifs is 1. The number of aromatic nitrogens is 3. The van der Waals surface area contributed by atoms with Crippen LogP contribution in [0, 0.1) is 5.92 Å². The second kappa shape index (κ2) is 15.8. The third kappa shape index (κ3) is 8.99. The Bertz CT molecular complexity index is 1580. The molecule has 0 bridgehead atoms. The summed E-state index contributed by atoms with van der Waals surface area (Å²) in [7, 11) is 1.92. The summed E-state index contributed by atoms with van der Waals surface area (Å²) < 4.78 is 13.3. The third-order valence-corrected chi connectivity index (χ3v) is 8.60. The maximum atomic E-state index is 13.5. The molecule has 0 spiro atoms. The number of unbranched alkanes of at least 4 members (excludes halogenated alkanes) is 1. The molecule has 0 aliphatic carbocycles. The zero-order chi connectivity index (χ0) is 31.6. The van der Waals surface area contributed by atoms with E-state index in [2.05, 4.69) is 77.6 Å². The average Bonchev–Trinajstić information content (AvgIpc) is 3.35. The Balaban J connectivity index is 1.29. The highest BCUT2D eigenvalue weighted by atomic mass is 32.2. The zero-order valence-electron chi connectivity index (χ0n) is 26.7. The minimum Gasteiger partial charge on any atom is -0.491 e. The average molecular weight is 626 g/mol. The Kier molecular flexibility index (Phi) is 11.3. The van der Waals surface area contributed by atoms with Gasteiger partial charge in [-0.3, -0.25) is 4.79 Å². The Morgan fingerprint density at radius 1 is 1.00 bits per heavy atom. The van der Waals surface area contributed by atoms with Crippen LogP contribution >= 0.6 is 11.8 Å². The quantitative estimate of drug-likeness (QED) is 0.144. The highest BCUT2D eigenvalue weighted by Crippen LogP contribution is 2.34. The minimum atomic E-state index is -0.0772. The van der Waals surface area contributed by atoms with Crippen molar-refractivity contribution in [3.05, 3.63) is 84.2 Å². The molecule has 2 heterocycles. The van der Waals surface area contributed by atoms with Crippen molar-refractivity contribution in [1.82, 2.24) is 14.8 Å². The van der Waals surface area contributed by atoms with Gasteiger partial charge in [-0.05, 0) is 102 Å². The number of aryl methyl sites for hydroxylation is 1. The molecule has 1 N–H and O–H groups in total. The van der Waals surface area contributed by atoms with Crippen LogP contribution in [0.1, 0.15) is 45.6 Å². The van der Waals surface area contributed by atoms with Crippen molar-refractivity contribution >= 4 is 35.1 Å². The van der Waals surface area contributed by atoms with Gasteiger partial charge in [0.25, 0.3) is 5.91 Å². The third-order valence-electron chi connectivity index (χ3n) is 7.54. The molecule has 8 nitrogen and oxygen atoms in total. The second-order valence-electron chi connectivity index (χ2n) is 11.7.